The Hall–Kier alpha value is -2.66. The summed E-state index contributed by atoms with van der Waals surface area (Å²) >= 11 is 3.41. The molecule has 0 aliphatic heterocycles. The highest BCUT2D eigenvalue weighted by atomic mass is 79.9. The number of nitrogens with zero attached hydrogens (tertiary/aromatic N) is 1. The number of benzene rings is 2. The van der Waals surface area contributed by atoms with E-state index in [1.807, 2.05) is 43.3 Å². The van der Waals surface area contributed by atoms with E-state index in [0.29, 0.717) is 17.0 Å². The Bertz CT molecular complexity index is 854. The third kappa shape index (κ3) is 4.45. The van der Waals surface area contributed by atoms with Gasteiger partial charge in [-0.2, -0.15) is 0 Å². The predicted molar refractivity (Wildman–Crippen MR) is 102 cm³/mol. The smallest absolute Gasteiger partial charge is 0.259 e. The summed E-state index contributed by atoms with van der Waals surface area (Å²) in [6.07, 6.45) is 3.08. The van der Waals surface area contributed by atoms with Gasteiger partial charge in [-0.3, -0.25) is 9.78 Å². The SMILES string of the molecule is C[C@@H](Oc1ccc(Br)cc1C(=O)Nc1cccnc1)c1ccccc1. The first-order chi connectivity index (χ1) is 12.1. The van der Waals surface area contributed by atoms with Gasteiger partial charge in [0.2, 0.25) is 0 Å². The highest BCUT2D eigenvalue weighted by molar-refractivity contribution is 9.10. The average molecular weight is 397 g/mol. The zero-order valence-electron chi connectivity index (χ0n) is 13.6. The van der Waals surface area contributed by atoms with Crippen LogP contribution in [0.15, 0.2) is 77.5 Å². The standard InChI is InChI=1S/C20H17BrN2O2/c1-14(15-6-3-2-4-7-15)25-19-10-9-16(21)12-18(19)20(24)23-17-8-5-11-22-13-17/h2-14H,1H3,(H,23,24)/t14-/m1/s1. The fourth-order valence-corrected chi connectivity index (χ4v) is 2.76. The fourth-order valence-electron chi connectivity index (χ4n) is 2.40. The van der Waals surface area contributed by atoms with Crippen molar-refractivity contribution in [1.82, 2.24) is 4.98 Å². The van der Waals surface area contributed by atoms with E-state index in [-0.39, 0.29) is 12.0 Å². The van der Waals surface area contributed by atoms with Crippen LogP contribution in [0.5, 0.6) is 5.75 Å². The minimum Gasteiger partial charge on any atom is -0.485 e. The van der Waals surface area contributed by atoms with E-state index in [9.17, 15) is 4.79 Å². The molecule has 0 saturated carbocycles. The van der Waals surface area contributed by atoms with Crippen molar-refractivity contribution in [3.8, 4) is 5.75 Å². The summed E-state index contributed by atoms with van der Waals surface area (Å²) in [6, 6.07) is 18.8. The van der Waals surface area contributed by atoms with Gasteiger partial charge in [0.05, 0.1) is 17.4 Å². The lowest BCUT2D eigenvalue weighted by molar-refractivity contribution is 0.102. The van der Waals surface area contributed by atoms with Crippen LogP contribution in [0.1, 0.15) is 28.9 Å². The van der Waals surface area contributed by atoms with Crippen LogP contribution in [0.25, 0.3) is 0 Å². The third-order valence-corrected chi connectivity index (χ3v) is 4.17. The number of hydrogen-bond acceptors (Lipinski definition) is 3. The van der Waals surface area contributed by atoms with Crippen molar-refractivity contribution in [2.24, 2.45) is 0 Å². The Kier molecular flexibility index (Phi) is 5.46. The number of halogens is 1. The van der Waals surface area contributed by atoms with Gasteiger partial charge in [-0.25, -0.2) is 0 Å². The van der Waals surface area contributed by atoms with Gasteiger partial charge in [0, 0.05) is 10.7 Å². The number of ether oxygens (including phenoxy) is 1. The number of aromatic nitrogens is 1. The predicted octanol–water partition coefficient (Wildman–Crippen LogP) is 5.24. The normalized spacial score (nSPS) is 11.6. The molecule has 0 saturated heterocycles. The molecule has 5 heteroatoms. The molecule has 126 valence electrons. The van der Waals surface area contributed by atoms with Crippen LogP contribution in [0.3, 0.4) is 0 Å². The van der Waals surface area contributed by atoms with Crippen molar-refractivity contribution in [2.75, 3.05) is 5.32 Å². The van der Waals surface area contributed by atoms with E-state index in [2.05, 4.69) is 26.2 Å². The van der Waals surface area contributed by atoms with E-state index in [0.717, 1.165) is 10.0 Å². The summed E-state index contributed by atoms with van der Waals surface area (Å²) in [6.45, 7) is 1.96. The maximum atomic E-state index is 12.7. The molecular weight excluding hydrogens is 380 g/mol. The number of carbonyl (C=O) groups is 1. The lowest BCUT2D eigenvalue weighted by Crippen LogP contribution is -2.15. The molecule has 4 nitrogen and oxygen atoms in total. The molecule has 0 aliphatic rings. The highest BCUT2D eigenvalue weighted by Crippen LogP contribution is 2.28. The summed E-state index contributed by atoms with van der Waals surface area (Å²) in [5.74, 6) is 0.283. The van der Waals surface area contributed by atoms with Gasteiger partial charge in [0.25, 0.3) is 5.91 Å². The minimum absolute atomic E-state index is 0.174. The van der Waals surface area contributed by atoms with Gasteiger partial charge in [-0.1, -0.05) is 46.3 Å². The van der Waals surface area contributed by atoms with Gasteiger partial charge in [0.1, 0.15) is 11.9 Å². The van der Waals surface area contributed by atoms with Crippen molar-refractivity contribution in [3.05, 3.63) is 88.7 Å². The summed E-state index contributed by atoms with van der Waals surface area (Å²) in [7, 11) is 0. The number of rotatable bonds is 5. The van der Waals surface area contributed by atoms with Gasteiger partial charge in [-0.15, -0.1) is 0 Å². The van der Waals surface area contributed by atoms with E-state index in [4.69, 9.17) is 4.74 Å². The molecule has 2 aromatic carbocycles. The maximum Gasteiger partial charge on any atom is 0.259 e. The molecule has 1 heterocycles. The first kappa shape index (κ1) is 17.2. The lowest BCUT2D eigenvalue weighted by atomic mass is 10.1. The molecule has 3 rings (SSSR count). The van der Waals surface area contributed by atoms with Gasteiger partial charge in [-0.05, 0) is 42.8 Å². The number of pyridine rings is 1. The molecule has 0 spiro atoms. The second kappa shape index (κ2) is 7.94. The minimum atomic E-state index is -0.246. The zero-order valence-corrected chi connectivity index (χ0v) is 15.2. The second-order valence-corrected chi connectivity index (χ2v) is 6.42. The molecule has 0 radical (unpaired) electrons. The van der Waals surface area contributed by atoms with Gasteiger partial charge < -0.3 is 10.1 Å². The number of hydrogen-bond donors (Lipinski definition) is 1. The average Bonchev–Trinajstić information content (AvgIpc) is 2.64. The van der Waals surface area contributed by atoms with Crippen molar-refractivity contribution in [1.29, 1.82) is 0 Å². The number of amides is 1. The molecule has 1 N–H and O–H groups in total. The summed E-state index contributed by atoms with van der Waals surface area (Å²) in [5, 5.41) is 2.84. The second-order valence-electron chi connectivity index (χ2n) is 5.51. The quantitative estimate of drug-likeness (QED) is 0.641. The molecule has 1 atom stereocenters. The van der Waals surface area contributed by atoms with Crippen molar-refractivity contribution in [2.45, 2.75) is 13.0 Å². The van der Waals surface area contributed by atoms with Crippen molar-refractivity contribution in [3.63, 3.8) is 0 Å². The van der Waals surface area contributed by atoms with Crippen LogP contribution in [0.4, 0.5) is 5.69 Å². The Balaban J connectivity index is 1.84. The van der Waals surface area contributed by atoms with Crippen LogP contribution in [-0.2, 0) is 0 Å². The third-order valence-electron chi connectivity index (χ3n) is 3.68. The van der Waals surface area contributed by atoms with Crippen LogP contribution < -0.4 is 10.1 Å². The number of nitrogens with one attached hydrogen (secondary N) is 1. The van der Waals surface area contributed by atoms with Crippen LogP contribution >= 0.6 is 15.9 Å². The van der Waals surface area contributed by atoms with Crippen molar-refractivity contribution < 1.29 is 9.53 Å². The Morgan fingerprint density at radius 3 is 2.64 bits per heavy atom. The summed E-state index contributed by atoms with van der Waals surface area (Å²) < 4.78 is 6.86. The van der Waals surface area contributed by atoms with Crippen LogP contribution in [0.2, 0.25) is 0 Å². The fraction of sp³-hybridized carbons (Fsp3) is 0.100. The lowest BCUT2D eigenvalue weighted by Gasteiger charge is -2.18. The molecule has 25 heavy (non-hydrogen) atoms. The van der Waals surface area contributed by atoms with Crippen LogP contribution in [-0.4, -0.2) is 10.9 Å². The summed E-state index contributed by atoms with van der Waals surface area (Å²) in [5.41, 5.74) is 2.14. The Morgan fingerprint density at radius 1 is 1.12 bits per heavy atom. The molecule has 1 aromatic heterocycles. The highest BCUT2D eigenvalue weighted by Gasteiger charge is 2.16. The first-order valence-corrected chi connectivity index (χ1v) is 8.65. The topological polar surface area (TPSA) is 51.2 Å². The zero-order chi connectivity index (χ0) is 17.6. The molecule has 0 fully saturated rings. The molecule has 1 amide bonds. The van der Waals surface area contributed by atoms with Crippen molar-refractivity contribution >= 4 is 27.5 Å². The first-order valence-electron chi connectivity index (χ1n) is 7.86. The molecule has 0 unspecified atom stereocenters. The van der Waals surface area contributed by atoms with Gasteiger partial charge >= 0.3 is 0 Å². The monoisotopic (exact) mass is 396 g/mol. The number of carbonyl (C=O) groups excluding carboxylic acids is 1. The van der Waals surface area contributed by atoms with E-state index >= 15 is 0 Å². The van der Waals surface area contributed by atoms with E-state index < -0.39 is 0 Å². The van der Waals surface area contributed by atoms with Crippen LogP contribution in [0, 0.1) is 0 Å². The largest absolute Gasteiger partial charge is 0.485 e. The van der Waals surface area contributed by atoms with Gasteiger partial charge in [0.15, 0.2) is 0 Å². The van der Waals surface area contributed by atoms with E-state index in [1.54, 1.807) is 36.7 Å². The summed E-state index contributed by atoms with van der Waals surface area (Å²) in [4.78, 5) is 16.7. The maximum absolute atomic E-state index is 12.7. The van der Waals surface area contributed by atoms with E-state index in [1.165, 1.54) is 0 Å². The Labute approximate surface area is 155 Å². The Morgan fingerprint density at radius 2 is 1.92 bits per heavy atom. The molecule has 0 aliphatic carbocycles. The number of anilines is 1. The molecule has 0 bridgehead atoms. The molecular formula is C20H17BrN2O2. The molecule has 3 aromatic rings.